The number of hydrogen-bond donors (Lipinski definition) is 1. The molecule has 1 heterocycles. The van der Waals surface area contributed by atoms with Crippen molar-refractivity contribution in [2.45, 2.75) is 32.7 Å². The third kappa shape index (κ3) is 5.12. The monoisotopic (exact) mass is 350 g/mol. The molecule has 136 valence electrons. The number of nitrogens with one attached hydrogen (secondary N) is 1. The van der Waals surface area contributed by atoms with Crippen molar-refractivity contribution in [2.75, 3.05) is 13.2 Å². The van der Waals surface area contributed by atoms with E-state index in [9.17, 15) is 4.79 Å². The molecule has 1 aromatic heterocycles. The summed E-state index contributed by atoms with van der Waals surface area (Å²) in [4.78, 5) is 12.0. The van der Waals surface area contributed by atoms with Gasteiger partial charge in [0.2, 0.25) is 5.91 Å². The summed E-state index contributed by atoms with van der Waals surface area (Å²) in [5.74, 6) is 1.00. The molecule has 0 bridgehead atoms. The highest BCUT2D eigenvalue weighted by Crippen LogP contribution is 2.15. The van der Waals surface area contributed by atoms with Gasteiger partial charge in [-0.2, -0.15) is 0 Å². The van der Waals surface area contributed by atoms with Crippen LogP contribution in [0.3, 0.4) is 0 Å². The summed E-state index contributed by atoms with van der Waals surface area (Å²) < 4.78 is 7.82. The molecule has 0 saturated heterocycles. The maximum absolute atomic E-state index is 12.0. The first kappa shape index (κ1) is 18.1. The number of aromatic nitrogens is 1. The molecule has 4 nitrogen and oxygen atoms in total. The summed E-state index contributed by atoms with van der Waals surface area (Å²) in [6.45, 7) is 4.14. The van der Waals surface area contributed by atoms with Gasteiger partial charge < -0.3 is 14.6 Å². The highest BCUT2D eigenvalue weighted by atomic mass is 16.5. The predicted molar refractivity (Wildman–Crippen MR) is 105 cm³/mol. The summed E-state index contributed by atoms with van der Waals surface area (Å²) in [7, 11) is 0. The molecule has 0 saturated carbocycles. The van der Waals surface area contributed by atoms with E-state index in [1.807, 2.05) is 42.6 Å². The number of carbonyl (C=O) groups is 1. The fraction of sp³-hybridized carbons (Fsp3) is 0.318. The molecule has 0 fully saturated rings. The molecule has 3 rings (SSSR count). The highest BCUT2D eigenvalue weighted by Gasteiger charge is 2.04. The van der Waals surface area contributed by atoms with Crippen LogP contribution in [0.5, 0.6) is 5.75 Å². The minimum absolute atomic E-state index is 0.0993. The summed E-state index contributed by atoms with van der Waals surface area (Å²) in [5, 5.41) is 4.20. The van der Waals surface area contributed by atoms with E-state index in [-0.39, 0.29) is 5.91 Å². The number of unbranched alkanes of at least 4 members (excludes halogenated alkanes) is 1. The zero-order valence-electron chi connectivity index (χ0n) is 15.3. The number of ether oxygens (including phenoxy) is 1. The van der Waals surface area contributed by atoms with Gasteiger partial charge in [-0.3, -0.25) is 4.79 Å². The number of fused-ring (bicyclic) bond motifs is 1. The van der Waals surface area contributed by atoms with Crippen LogP contribution in [0.1, 0.15) is 24.8 Å². The first-order valence-electron chi connectivity index (χ1n) is 9.22. The van der Waals surface area contributed by atoms with Crippen molar-refractivity contribution in [3.63, 3.8) is 0 Å². The van der Waals surface area contributed by atoms with E-state index in [1.165, 1.54) is 16.5 Å². The lowest BCUT2D eigenvalue weighted by molar-refractivity contribution is -0.121. The highest BCUT2D eigenvalue weighted by molar-refractivity contribution is 5.80. The molecular weight excluding hydrogens is 324 g/mol. The average molecular weight is 350 g/mol. The van der Waals surface area contributed by atoms with Crippen LogP contribution in [0.4, 0.5) is 0 Å². The van der Waals surface area contributed by atoms with Crippen molar-refractivity contribution in [2.24, 2.45) is 0 Å². The molecule has 1 N–H and O–H groups in total. The molecule has 0 aliphatic heterocycles. The Morgan fingerprint density at radius 2 is 1.85 bits per heavy atom. The Labute approximate surface area is 154 Å². The number of carbonyl (C=O) groups excluding carboxylic acids is 1. The molecule has 3 aromatic rings. The molecule has 0 aliphatic carbocycles. The number of rotatable bonds is 9. The average Bonchev–Trinajstić information content (AvgIpc) is 3.07. The fourth-order valence-corrected chi connectivity index (χ4v) is 2.93. The summed E-state index contributed by atoms with van der Waals surface area (Å²) in [5.41, 5.74) is 2.40. The summed E-state index contributed by atoms with van der Waals surface area (Å²) in [6, 6.07) is 18.4. The van der Waals surface area contributed by atoms with E-state index in [0.717, 1.165) is 18.6 Å². The summed E-state index contributed by atoms with van der Waals surface area (Å²) in [6.07, 6.45) is 4.39. The fourth-order valence-electron chi connectivity index (χ4n) is 2.93. The Morgan fingerprint density at radius 1 is 1.04 bits per heavy atom. The van der Waals surface area contributed by atoms with Crippen LogP contribution in [-0.4, -0.2) is 23.6 Å². The van der Waals surface area contributed by atoms with Gasteiger partial charge in [0, 0.05) is 31.2 Å². The zero-order valence-corrected chi connectivity index (χ0v) is 15.3. The molecule has 4 heteroatoms. The molecule has 0 radical (unpaired) electrons. The molecule has 0 aliphatic rings. The van der Waals surface area contributed by atoms with Crippen LogP contribution >= 0.6 is 0 Å². The Bertz CT molecular complexity index is 837. The van der Waals surface area contributed by atoms with Crippen molar-refractivity contribution in [3.8, 4) is 5.75 Å². The van der Waals surface area contributed by atoms with Crippen LogP contribution < -0.4 is 10.1 Å². The maximum Gasteiger partial charge on any atom is 0.221 e. The first-order chi connectivity index (χ1) is 12.7. The third-order valence-electron chi connectivity index (χ3n) is 4.44. The minimum Gasteiger partial charge on any atom is -0.494 e. The van der Waals surface area contributed by atoms with Crippen LogP contribution in [-0.2, 0) is 11.3 Å². The molecule has 2 aromatic carbocycles. The van der Waals surface area contributed by atoms with Crippen LogP contribution in [0.15, 0.2) is 60.8 Å². The lowest BCUT2D eigenvalue weighted by Crippen LogP contribution is -2.25. The van der Waals surface area contributed by atoms with E-state index in [0.29, 0.717) is 26.1 Å². The van der Waals surface area contributed by atoms with Crippen LogP contribution in [0.2, 0.25) is 0 Å². The van der Waals surface area contributed by atoms with Crippen molar-refractivity contribution in [1.82, 2.24) is 9.88 Å². The van der Waals surface area contributed by atoms with E-state index in [1.54, 1.807) is 0 Å². The van der Waals surface area contributed by atoms with Gasteiger partial charge in [0.1, 0.15) is 5.75 Å². The van der Waals surface area contributed by atoms with Crippen molar-refractivity contribution < 1.29 is 9.53 Å². The van der Waals surface area contributed by atoms with Crippen molar-refractivity contribution in [1.29, 1.82) is 0 Å². The van der Waals surface area contributed by atoms with Gasteiger partial charge in [-0.1, -0.05) is 35.9 Å². The number of benzene rings is 2. The van der Waals surface area contributed by atoms with Gasteiger partial charge in [0.25, 0.3) is 0 Å². The van der Waals surface area contributed by atoms with E-state index in [2.05, 4.69) is 35.0 Å². The number of nitrogens with zero attached hydrogens (tertiary/aromatic N) is 1. The Kier molecular flexibility index (Phi) is 6.31. The van der Waals surface area contributed by atoms with E-state index >= 15 is 0 Å². The number of aryl methyl sites for hydroxylation is 2. The quantitative estimate of drug-likeness (QED) is 0.584. The second-order valence-electron chi connectivity index (χ2n) is 6.54. The lowest BCUT2D eigenvalue weighted by Gasteiger charge is -2.08. The first-order valence-corrected chi connectivity index (χ1v) is 9.22. The Balaban J connectivity index is 1.29. The predicted octanol–water partition coefficient (Wildman–Crippen LogP) is 4.32. The molecule has 0 atom stereocenters. The second kappa shape index (κ2) is 9.09. The number of hydrogen-bond acceptors (Lipinski definition) is 2. The second-order valence-corrected chi connectivity index (χ2v) is 6.54. The molecule has 0 unspecified atom stereocenters. The van der Waals surface area contributed by atoms with Crippen LogP contribution in [0, 0.1) is 6.92 Å². The largest absolute Gasteiger partial charge is 0.494 e. The zero-order chi connectivity index (χ0) is 18.2. The topological polar surface area (TPSA) is 43.3 Å². The van der Waals surface area contributed by atoms with Crippen molar-refractivity contribution >= 4 is 16.8 Å². The lowest BCUT2D eigenvalue weighted by atomic mass is 10.2. The SMILES string of the molecule is Cc1ccc(OCCCCNC(=O)CCn2ccc3ccccc32)cc1. The molecule has 1 amide bonds. The van der Waals surface area contributed by atoms with Gasteiger partial charge in [-0.15, -0.1) is 0 Å². The van der Waals surface area contributed by atoms with Crippen LogP contribution in [0.25, 0.3) is 10.9 Å². The molecular formula is C22H26N2O2. The smallest absolute Gasteiger partial charge is 0.221 e. The van der Waals surface area contributed by atoms with E-state index < -0.39 is 0 Å². The van der Waals surface area contributed by atoms with Gasteiger partial charge in [-0.05, 0) is 49.4 Å². The maximum atomic E-state index is 12.0. The van der Waals surface area contributed by atoms with Gasteiger partial charge >= 0.3 is 0 Å². The van der Waals surface area contributed by atoms with Gasteiger partial charge in [0.05, 0.1) is 6.61 Å². The number of amides is 1. The molecule has 0 spiro atoms. The molecule has 26 heavy (non-hydrogen) atoms. The Hall–Kier alpha value is -2.75. The summed E-state index contributed by atoms with van der Waals surface area (Å²) >= 11 is 0. The van der Waals surface area contributed by atoms with Crippen molar-refractivity contribution in [3.05, 3.63) is 66.4 Å². The normalized spacial score (nSPS) is 10.8. The standard InChI is InChI=1S/C22H26N2O2/c1-18-8-10-20(11-9-18)26-17-5-4-14-23-22(25)13-16-24-15-12-19-6-2-3-7-21(19)24/h2-3,6-12,15H,4-5,13-14,16-17H2,1H3,(H,23,25). The van der Waals surface area contributed by atoms with Gasteiger partial charge in [-0.25, -0.2) is 0 Å². The number of para-hydroxylation sites is 1. The Morgan fingerprint density at radius 3 is 2.69 bits per heavy atom. The third-order valence-corrected chi connectivity index (χ3v) is 4.44. The van der Waals surface area contributed by atoms with E-state index in [4.69, 9.17) is 4.74 Å². The van der Waals surface area contributed by atoms with Gasteiger partial charge in [0.15, 0.2) is 0 Å². The minimum atomic E-state index is 0.0993.